The molecule has 0 unspecified atom stereocenters. The van der Waals surface area contributed by atoms with Gasteiger partial charge in [-0.3, -0.25) is 4.79 Å². The Hall–Kier alpha value is -2.69. The smallest absolute Gasteiger partial charge is 0.254 e. The molecule has 1 aromatic carbocycles. The van der Waals surface area contributed by atoms with Crippen LogP contribution in [0.3, 0.4) is 0 Å². The van der Waals surface area contributed by atoms with Crippen molar-refractivity contribution in [1.82, 2.24) is 19.7 Å². The fraction of sp³-hybridized carbons (Fsp3) is 0.435. The van der Waals surface area contributed by atoms with Gasteiger partial charge in [-0.2, -0.15) is 5.10 Å². The van der Waals surface area contributed by atoms with E-state index in [2.05, 4.69) is 50.1 Å². The summed E-state index contributed by atoms with van der Waals surface area (Å²) < 4.78 is 1.90. The van der Waals surface area contributed by atoms with Crippen molar-refractivity contribution in [2.75, 3.05) is 6.54 Å². The number of rotatable bonds is 3. The Balaban J connectivity index is 1.91. The largest absolute Gasteiger partial charge is 0.336 e. The van der Waals surface area contributed by atoms with Crippen molar-refractivity contribution in [2.45, 2.75) is 59.5 Å². The molecule has 1 saturated heterocycles. The fourth-order valence-electron chi connectivity index (χ4n) is 4.17. The summed E-state index contributed by atoms with van der Waals surface area (Å²) in [4.78, 5) is 20.5. The van der Waals surface area contributed by atoms with Gasteiger partial charge in [0.05, 0.1) is 22.3 Å². The monoisotopic (exact) mass is 376 g/mol. The van der Waals surface area contributed by atoms with Gasteiger partial charge in [-0.1, -0.05) is 29.8 Å². The second-order valence-electron chi connectivity index (χ2n) is 7.86. The standard InChI is InChI=1S/C23H28N4O/c1-5-27-22-21(17(4)25-27)19(23(28)26-13-7-6-8-16(26)3)14-20(24-22)18-11-9-15(2)10-12-18/h9-12,14,16H,5-8,13H2,1-4H3/t16-/m0/s1. The maximum absolute atomic E-state index is 13.6. The predicted octanol–water partition coefficient (Wildman–Crippen LogP) is 4.75. The second kappa shape index (κ2) is 7.38. The van der Waals surface area contributed by atoms with Crippen LogP contribution in [-0.2, 0) is 6.54 Å². The lowest BCUT2D eigenvalue weighted by Crippen LogP contribution is -2.42. The second-order valence-corrected chi connectivity index (χ2v) is 7.86. The number of amides is 1. The third kappa shape index (κ3) is 3.19. The van der Waals surface area contributed by atoms with E-state index in [-0.39, 0.29) is 11.9 Å². The van der Waals surface area contributed by atoms with Crippen molar-refractivity contribution >= 4 is 16.9 Å². The first-order chi connectivity index (χ1) is 13.5. The van der Waals surface area contributed by atoms with Gasteiger partial charge < -0.3 is 4.90 Å². The molecule has 0 N–H and O–H groups in total. The van der Waals surface area contributed by atoms with Crippen LogP contribution in [0, 0.1) is 13.8 Å². The molecule has 1 aliphatic rings. The summed E-state index contributed by atoms with van der Waals surface area (Å²) in [6.45, 7) is 9.80. The number of pyridine rings is 1. The zero-order valence-corrected chi connectivity index (χ0v) is 17.2. The Morgan fingerprint density at radius 3 is 2.61 bits per heavy atom. The average molecular weight is 377 g/mol. The molecule has 1 atom stereocenters. The van der Waals surface area contributed by atoms with E-state index in [1.807, 2.05) is 22.6 Å². The molecule has 1 amide bonds. The van der Waals surface area contributed by atoms with Crippen molar-refractivity contribution in [2.24, 2.45) is 0 Å². The van der Waals surface area contributed by atoms with Crippen LogP contribution in [-0.4, -0.2) is 38.2 Å². The molecule has 0 aliphatic carbocycles. The third-order valence-corrected chi connectivity index (χ3v) is 5.82. The van der Waals surface area contributed by atoms with Crippen LogP contribution < -0.4 is 0 Å². The minimum Gasteiger partial charge on any atom is -0.336 e. The highest BCUT2D eigenvalue weighted by Gasteiger charge is 2.28. The van der Waals surface area contributed by atoms with Crippen molar-refractivity contribution < 1.29 is 4.79 Å². The minimum atomic E-state index is 0.103. The van der Waals surface area contributed by atoms with Gasteiger partial charge in [0.1, 0.15) is 0 Å². The number of hydrogen-bond acceptors (Lipinski definition) is 3. The molecule has 0 bridgehead atoms. The third-order valence-electron chi connectivity index (χ3n) is 5.82. The Morgan fingerprint density at radius 2 is 1.93 bits per heavy atom. The first-order valence-corrected chi connectivity index (χ1v) is 10.3. The topological polar surface area (TPSA) is 51.0 Å². The number of carbonyl (C=O) groups excluding carboxylic acids is 1. The number of piperidine rings is 1. The molecule has 2 aromatic heterocycles. The Bertz CT molecular complexity index is 1020. The summed E-state index contributed by atoms with van der Waals surface area (Å²) in [7, 11) is 0. The van der Waals surface area contributed by atoms with E-state index in [1.54, 1.807) is 0 Å². The van der Waals surface area contributed by atoms with Gasteiger partial charge in [0, 0.05) is 24.7 Å². The summed E-state index contributed by atoms with van der Waals surface area (Å²) in [6.07, 6.45) is 3.33. The molecular weight excluding hydrogens is 348 g/mol. The van der Waals surface area contributed by atoms with E-state index in [0.29, 0.717) is 0 Å². The molecule has 1 fully saturated rings. The van der Waals surface area contributed by atoms with Crippen molar-refractivity contribution in [3.8, 4) is 11.3 Å². The molecule has 3 aromatic rings. The zero-order valence-electron chi connectivity index (χ0n) is 17.2. The average Bonchev–Trinajstić information content (AvgIpc) is 3.03. The zero-order chi connectivity index (χ0) is 19.8. The number of aromatic nitrogens is 3. The van der Waals surface area contributed by atoms with E-state index < -0.39 is 0 Å². The van der Waals surface area contributed by atoms with Crippen LogP contribution in [0.25, 0.3) is 22.3 Å². The molecule has 3 heterocycles. The summed E-state index contributed by atoms with van der Waals surface area (Å²) in [5, 5.41) is 5.54. The van der Waals surface area contributed by atoms with Gasteiger partial charge in [0.15, 0.2) is 5.65 Å². The molecule has 28 heavy (non-hydrogen) atoms. The van der Waals surface area contributed by atoms with E-state index in [0.717, 1.165) is 59.5 Å². The maximum atomic E-state index is 13.6. The van der Waals surface area contributed by atoms with Gasteiger partial charge in [-0.15, -0.1) is 0 Å². The minimum absolute atomic E-state index is 0.103. The van der Waals surface area contributed by atoms with Crippen LogP contribution >= 0.6 is 0 Å². The highest BCUT2D eigenvalue weighted by Crippen LogP contribution is 2.30. The van der Waals surface area contributed by atoms with Crippen molar-refractivity contribution in [3.05, 3.63) is 47.2 Å². The molecular formula is C23H28N4O. The number of benzene rings is 1. The molecule has 0 radical (unpaired) electrons. The van der Waals surface area contributed by atoms with E-state index in [1.165, 1.54) is 12.0 Å². The number of nitrogens with zero attached hydrogens (tertiary/aromatic N) is 4. The number of fused-ring (bicyclic) bond motifs is 1. The summed E-state index contributed by atoms with van der Waals surface area (Å²) in [6, 6.07) is 10.5. The van der Waals surface area contributed by atoms with Crippen LogP contribution in [0.4, 0.5) is 0 Å². The van der Waals surface area contributed by atoms with Crippen molar-refractivity contribution in [1.29, 1.82) is 0 Å². The number of carbonyl (C=O) groups is 1. The van der Waals surface area contributed by atoms with Gasteiger partial charge >= 0.3 is 0 Å². The number of aryl methyl sites for hydroxylation is 3. The molecule has 5 heteroatoms. The summed E-state index contributed by atoms with van der Waals surface area (Å²) in [5.41, 5.74) is 5.45. The lowest BCUT2D eigenvalue weighted by molar-refractivity contribution is 0.0637. The molecule has 4 rings (SSSR count). The Kier molecular flexibility index (Phi) is 4.92. The van der Waals surface area contributed by atoms with Crippen LogP contribution in [0.15, 0.2) is 30.3 Å². The van der Waals surface area contributed by atoms with Gasteiger partial charge in [-0.05, 0) is 53.0 Å². The highest BCUT2D eigenvalue weighted by atomic mass is 16.2. The molecule has 0 spiro atoms. The normalized spacial score (nSPS) is 17.3. The first kappa shape index (κ1) is 18.7. The van der Waals surface area contributed by atoms with E-state index in [9.17, 15) is 4.79 Å². The van der Waals surface area contributed by atoms with Crippen LogP contribution in [0.1, 0.15) is 54.7 Å². The van der Waals surface area contributed by atoms with Crippen LogP contribution in [0.2, 0.25) is 0 Å². The molecule has 5 nitrogen and oxygen atoms in total. The molecule has 146 valence electrons. The van der Waals surface area contributed by atoms with Crippen LogP contribution in [0.5, 0.6) is 0 Å². The molecule has 1 aliphatic heterocycles. The SMILES string of the molecule is CCn1nc(C)c2c(C(=O)N3CCCC[C@@H]3C)cc(-c3ccc(C)cc3)nc21. The Morgan fingerprint density at radius 1 is 1.18 bits per heavy atom. The van der Waals surface area contributed by atoms with Gasteiger partial charge in [-0.25, -0.2) is 9.67 Å². The maximum Gasteiger partial charge on any atom is 0.254 e. The summed E-state index contributed by atoms with van der Waals surface area (Å²) >= 11 is 0. The summed E-state index contributed by atoms with van der Waals surface area (Å²) in [5.74, 6) is 0.103. The van der Waals surface area contributed by atoms with Crippen molar-refractivity contribution in [3.63, 3.8) is 0 Å². The quantitative estimate of drug-likeness (QED) is 0.663. The number of hydrogen-bond donors (Lipinski definition) is 0. The van der Waals surface area contributed by atoms with Gasteiger partial charge in [0.25, 0.3) is 5.91 Å². The van der Waals surface area contributed by atoms with Gasteiger partial charge in [0.2, 0.25) is 0 Å². The number of likely N-dealkylation sites (tertiary alicyclic amines) is 1. The fourth-order valence-corrected chi connectivity index (χ4v) is 4.17. The Labute approximate surface area is 166 Å². The molecule has 0 saturated carbocycles. The lowest BCUT2D eigenvalue weighted by Gasteiger charge is -2.33. The van der Waals surface area contributed by atoms with E-state index >= 15 is 0 Å². The van der Waals surface area contributed by atoms with E-state index in [4.69, 9.17) is 4.98 Å². The highest BCUT2D eigenvalue weighted by molar-refractivity contribution is 6.07. The first-order valence-electron chi connectivity index (χ1n) is 10.3. The predicted molar refractivity (Wildman–Crippen MR) is 112 cm³/mol. The lowest BCUT2D eigenvalue weighted by atomic mass is 9.99.